The lowest BCUT2D eigenvalue weighted by Gasteiger charge is -2.18. The second kappa shape index (κ2) is 5.76. The van der Waals surface area contributed by atoms with Crippen molar-refractivity contribution in [2.75, 3.05) is 6.61 Å². The maximum Gasteiger partial charge on any atom is 0.119 e. The fourth-order valence-corrected chi connectivity index (χ4v) is 1.54. The average molecular weight is 207 g/mol. The van der Waals surface area contributed by atoms with Gasteiger partial charge in [-0.2, -0.15) is 0 Å². The Bertz CT molecular complexity index is 281. The molecule has 84 valence electrons. The Morgan fingerprint density at radius 1 is 1.20 bits per heavy atom. The molecule has 0 saturated heterocycles. The summed E-state index contributed by atoms with van der Waals surface area (Å²) in [6.45, 7) is 7.04. The molecule has 2 heteroatoms. The second-order valence-corrected chi connectivity index (χ2v) is 3.91. The van der Waals surface area contributed by atoms with Crippen LogP contribution in [0.2, 0.25) is 0 Å². The number of rotatable bonds is 5. The van der Waals surface area contributed by atoms with Gasteiger partial charge in [0.05, 0.1) is 6.61 Å². The summed E-state index contributed by atoms with van der Waals surface area (Å²) in [5.41, 5.74) is 7.32. The first-order valence-corrected chi connectivity index (χ1v) is 5.67. The largest absolute Gasteiger partial charge is 0.494 e. The zero-order valence-electron chi connectivity index (χ0n) is 9.86. The van der Waals surface area contributed by atoms with E-state index in [1.165, 1.54) is 5.56 Å². The summed E-state index contributed by atoms with van der Waals surface area (Å²) in [5, 5.41) is 0. The van der Waals surface area contributed by atoms with Gasteiger partial charge in [0.25, 0.3) is 0 Å². The molecule has 0 aromatic heterocycles. The van der Waals surface area contributed by atoms with Crippen molar-refractivity contribution in [3.8, 4) is 5.75 Å². The van der Waals surface area contributed by atoms with Crippen LogP contribution in [0.1, 0.15) is 38.8 Å². The molecule has 0 aliphatic carbocycles. The number of hydrogen-bond donors (Lipinski definition) is 1. The highest BCUT2D eigenvalue weighted by Gasteiger charge is 2.12. The first kappa shape index (κ1) is 12.1. The average Bonchev–Trinajstić information content (AvgIpc) is 2.28. The fourth-order valence-electron chi connectivity index (χ4n) is 1.54. The van der Waals surface area contributed by atoms with Crippen molar-refractivity contribution < 1.29 is 4.74 Å². The maximum atomic E-state index is 6.13. The van der Waals surface area contributed by atoms with E-state index in [-0.39, 0.29) is 6.04 Å². The number of nitrogens with two attached hydrogens (primary N) is 1. The van der Waals surface area contributed by atoms with Crippen molar-refractivity contribution in [2.24, 2.45) is 11.7 Å². The molecule has 1 unspecified atom stereocenters. The maximum absolute atomic E-state index is 6.13. The summed E-state index contributed by atoms with van der Waals surface area (Å²) < 4.78 is 5.39. The molecule has 0 amide bonds. The molecule has 0 fully saturated rings. The Morgan fingerprint density at radius 2 is 1.80 bits per heavy atom. The predicted octanol–water partition coefficient (Wildman–Crippen LogP) is 3.13. The standard InChI is InChI=1S/C13H21NO/c1-4-10(3)13(14)11-6-8-12(9-7-11)15-5-2/h6-10,13H,4-5,14H2,1-3H3/t10?,13-/m1/s1. The number of benzene rings is 1. The van der Waals surface area contributed by atoms with Gasteiger partial charge in [0.2, 0.25) is 0 Å². The van der Waals surface area contributed by atoms with Gasteiger partial charge in [0.15, 0.2) is 0 Å². The van der Waals surface area contributed by atoms with Crippen LogP contribution in [0, 0.1) is 5.92 Å². The highest BCUT2D eigenvalue weighted by molar-refractivity contribution is 5.29. The van der Waals surface area contributed by atoms with Crippen LogP contribution >= 0.6 is 0 Å². The van der Waals surface area contributed by atoms with Gasteiger partial charge in [0.1, 0.15) is 5.75 Å². The van der Waals surface area contributed by atoms with Crippen LogP contribution in [0.25, 0.3) is 0 Å². The van der Waals surface area contributed by atoms with Gasteiger partial charge in [-0.3, -0.25) is 0 Å². The molecule has 0 radical (unpaired) electrons. The van der Waals surface area contributed by atoms with E-state index in [4.69, 9.17) is 10.5 Å². The lowest BCUT2D eigenvalue weighted by Crippen LogP contribution is -2.18. The molecule has 0 aliphatic heterocycles. The van der Waals surface area contributed by atoms with Crippen LogP contribution in [0.15, 0.2) is 24.3 Å². The molecular formula is C13H21NO. The van der Waals surface area contributed by atoms with E-state index in [1.807, 2.05) is 19.1 Å². The van der Waals surface area contributed by atoms with E-state index in [0.717, 1.165) is 12.2 Å². The predicted molar refractivity (Wildman–Crippen MR) is 64.0 cm³/mol. The molecule has 1 aromatic carbocycles. The van der Waals surface area contributed by atoms with Gasteiger partial charge < -0.3 is 10.5 Å². The Hall–Kier alpha value is -1.02. The Morgan fingerprint density at radius 3 is 2.27 bits per heavy atom. The van der Waals surface area contributed by atoms with Crippen molar-refractivity contribution in [3.05, 3.63) is 29.8 Å². The number of ether oxygens (including phenoxy) is 1. The minimum Gasteiger partial charge on any atom is -0.494 e. The van der Waals surface area contributed by atoms with E-state index < -0.39 is 0 Å². The van der Waals surface area contributed by atoms with E-state index in [1.54, 1.807) is 0 Å². The van der Waals surface area contributed by atoms with Crippen molar-refractivity contribution in [2.45, 2.75) is 33.2 Å². The summed E-state index contributed by atoms with van der Waals surface area (Å²) in [7, 11) is 0. The third-order valence-electron chi connectivity index (χ3n) is 2.83. The molecular weight excluding hydrogens is 186 g/mol. The highest BCUT2D eigenvalue weighted by atomic mass is 16.5. The third kappa shape index (κ3) is 3.24. The summed E-state index contributed by atoms with van der Waals surface area (Å²) in [5.74, 6) is 1.43. The molecule has 1 rings (SSSR count). The SMILES string of the molecule is CCOc1ccc([C@H](N)C(C)CC)cc1. The first-order chi connectivity index (χ1) is 7.19. The van der Waals surface area contributed by atoms with Gasteiger partial charge in [0, 0.05) is 6.04 Å². The first-order valence-electron chi connectivity index (χ1n) is 5.67. The summed E-state index contributed by atoms with van der Waals surface area (Å²) in [4.78, 5) is 0. The molecule has 0 bridgehead atoms. The molecule has 2 atom stereocenters. The van der Waals surface area contributed by atoms with Crippen LogP contribution in [0.5, 0.6) is 5.75 Å². The van der Waals surface area contributed by atoms with Gasteiger partial charge in [-0.05, 0) is 30.5 Å². The van der Waals surface area contributed by atoms with E-state index in [9.17, 15) is 0 Å². The third-order valence-corrected chi connectivity index (χ3v) is 2.83. The normalized spacial score (nSPS) is 14.7. The highest BCUT2D eigenvalue weighted by Crippen LogP contribution is 2.23. The van der Waals surface area contributed by atoms with E-state index in [0.29, 0.717) is 12.5 Å². The van der Waals surface area contributed by atoms with Crippen LogP contribution in [-0.4, -0.2) is 6.61 Å². The quantitative estimate of drug-likeness (QED) is 0.805. The zero-order chi connectivity index (χ0) is 11.3. The molecule has 0 heterocycles. The smallest absolute Gasteiger partial charge is 0.119 e. The minimum atomic E-state index is 0.130. The fraction of sp³-hybridized carbons (Fsp3) is 0.538. The van der Waals surface area contributed by atoms with Crippen molar-refractivity contribution >= 4 is 0 Å². The molecule has 0 saturated carbocycles. The topological polar surface area (TPSA) is 35.2 Å². The van der Waals surface area contributed by atoms with Crippen LogP contribution in [0.3, 0.4) is 0 Å². The Kier molecular flexibility index (Phi) is 4.63. The molecule has 15 heavy (non-hydrogen) atoms. The Labute approximate surface area is 92.4 Å². The van der Waals surface area contributed by atoms with Crippen molar-refractivity contribution in [1.29, 1.82) is 0 Å². The van der Waals surface area contributed by atoms with E-state index in [2.05, 4.69) is 26.0 Å². The molecule has 0 aliphatic rings. The van der Waals surface area contributed by atoms with Crippen LogP contribution in [0.4, 0.5) is 0 Å². The van der Waals surface area contributed by atoms with Crippen LogP contribution < -0.4 is 10.5 Å². The van der Waals surface area contributed by atoms with Gasteiger partial charge in [-0.1, -0.05) is 32.4 Å². The Balaban J connectivity index is 2.70. The van der Waals surface area contributed by atoms with Crippen molar-refractivity contribution in [1.82, 2.24) is 0 Å². The monoisotopic (exact) mass is 207 g/mol. The summed E-state index contributed by atoms with van der Waals surface area (Å²) >= 11 is 0. The molecule has 2 nitrogen and oxygen atoms in total. The number of hydrogen-bond acceptors (Lipinski definition) is 2. The molecule has 1 aromatic rings. The lowest BCUT2D eigenvalue weighted by atomic mass is 9.93. The molecule has 0 spiro atoms. The summed E-state index contributed by atoms with van der Waals surface area (Å²) in [6.07, 6.45) is 1.11. The lowest BCUT2D eigenvalue weighted by molar-refractivity contribution is 0.340. The minimum absolute atomic E-state index is 0.130. The van der Waals surface area contributed by atoms with Gasteiger partial charge >= 0.3 is 0 Å². The molecule has 2 N–H and O–H groups in total. The second-order valence-electron chi connectivity index (χ2n) is 3.91. The van der Waals surface area contributed by atoms with Gasteiger partial charge in [-0.15, -0.1) is 0 Å². The summed E-state index contributed by atoms with van der Waals surface area (Å²) in [6, 6.07) is 8.22. The van der Waals surface area contributed by atoms with E-state index >= 15 is 0 Å². The van der Waals surface area contributed by atoms with Crippen LogP contribution in [-0.2, 0) is 0 Å². The van der Waals surface area contributed by atoms with Gasteiger partial charge in [-0.25, -0.2) is 0 Å². The zero-order valence-corrected chi connectivity index (χ0v) is 9.86. The van der Waals surface area contributed by atoms with Crippen molar-refractivity contribution in [3.63, 3.8) is 0 Å².